The number of nitrogens with one attached hydrogen (secondary N) is 1. The van der Waals surface area contributed by atoms with Gasteiger partial charge in [-0.15, -0.1) is 0 Å². The molecule has 0 saturated heterocycles. The zero-order valence-corrected chi connectivity index (χ0v) is 19.8. The summed E-state index contributed by atoms with van der Waals surface area (Å²) in [6.45, 7) is 0.232. The summed E-state index contributed by atoms with van der Waals surface area (Å²) in [7, 11) is 1.57. The molecule has 2 amide bonds. The van der Waals surface area contributed by atoms with Crippen molar-refractivity contribution in [3.8, 4) is 0 Å². The highest BCUT2D eigenvalue weighted by Crippen LogP contribution is 2.24. The Morgan fingerprint density at radius 1 is 0.875 bits per heavy atom. The fourth-order valence-corrected chi connectivity index (χ4v) is 4.17. The maximum Gasteiger partial charge on any atom is 0.242 e. The van der Waals surface area contributed by atoms with Crippen LogP contribution >= 0.6 is 34.8 Å². The molecule has 0 aliphatic rings. The molecule has 7 heteroatoms. The first-order valence-corrected chi connectivity index (χ1v) is 11.2. The maximum atomic E-state index is 13.5. The molecule has 0 radical (unpaired) electrons. The highest BCUT2D eigenvalue weighted by Gasteiger charge is 2.30. The molecule has 1 atom stereocenters. The number of likely N-dealkylation sites (N-methyl/N-ethyl adjacent to an activating group) is 1. The van der Waals surface area contributed by atoms with Crippen LogP contribution in [0.2, 0.25) is 15.1 Å². The summed E-state index contributed by atoms with van der Waals surface area (Å²) in [4.78, 5) is 28.0. The second-order valence-corrected chi connectivity index (χ2v) is 8.66. The van der Waals surface area contributed by atoms with Gasteiger partial charge < -0.3 is 10.2 Å². The molecule has 0 heterocycles. The van der Waals surface area contributed by atoms with Crippen LogP contribution in [0.15, 0.2) is 72.8 Å². The van der Waals surface area contributed by atoms with Crippen molar-refractivity contribution in [3.63, 3.8) is 0 Å². The van der Waals surface area contributed by atoms with E-state index in [2.05, 4.69) is 5.32 Å². The predicted octanol–water partition coefficient (Wildman–Crippen LogP) is 5.58. The molecule has 1 N–H and O–H groups in total. The Morgan fingerprint density at radius 2 is 1.56 bits per heavy atom. The van der Waals surface area contributed by atoms with Crippen LogP contribution < -0.4 is 5.32 Å². The fraction of sp³-hybridized carbons (Fsp3) is 0.200. The Hall–Kier alpha value is -2.53. The topological polar surface area (TPSA) is 49.4 Å². The number of benzene rings is 3. The lowest BCUT2D eigenvalue weighted by atomic mass is 10.0. The van der Waals surface area contributed by atoms with Crippen LogP contribution in [0.5, 0.6) is 0 Å². The van der Waals surface area contributed by atoms with E-state index in [0.717, 1.165) is 11.1 Å². The van der Waals surface area contributed by atoms with Gasteiger partial charge in [-0.1, -0.05) is 83.3 Å². The van der Waals surface area contributed by atoms with Crippen LogP contribution in [-0.2, 0) is 29.0 Å². The van der Waals surface area contributed by atoms with Crippen molar-refractivity contribution in [2.24, 2.45) is 0 Å². The molecular weight excluding hydrogens is 467 g/mol. The third-order valence-electron chi connectivity index (χ3n) is 5.12. The van der Waals surface area contributed by atoms with E-state index in [4.69, 9.17) is 34.8 Å². The average Bonchev–Trinajstić information content (AvgIpc) is 2.78. The molecule has 0 saturated carbocycles. The minimum absolute atomic E-state index is 0.0405. The Labute approximate surface area is 203 Å². The van der Waals surface area contributed by atoms with Crippen molar-refractivity contribution in [3.05, 3.63) is 105 Å². The Balaban J connectivity index is 1.96. The fourth-order valence-electron chi connectivity index (χ4n) is 3.48. The SMILES string of the molecule is CNC(=O)[C@H](Cc1ccccc1)N(Cc1cccc(Cl)c1)C(=O)Cc1ccc(Cl)cc1Cl. The number of rotatable bonds is 8. The van der Waals surface area contributed by atoms with E-state index >= 15 is 0 Å². The Kier molecular flexibility index (Phi) is 8.57. The summed E-state index contributed by atoms with van der Waals surface area (Å²) < 4.78 is 0. The van der Waals surface area contributed by atoms with E-state index in [9.17, 15) is 9.59 Å². The van der Waals surface area contributed by atoms with E-state index in [1.165, 1.54) is 0 Å². The molecular formula is C25H23Cl3N2O2. The molecule has 166 valence electrons. The van der Waals surface area contributed by atoms with Gasteiger partial charge in [-0.05, 0) is 41.0 Å². The van der Waals surface area contributed by atoms with Crippen molar-refractivity contribution in [1.82, 2.24) is 10.2 Å². The smallest absolute Gasteiger partial charge is 0.242 e. The normalized spacial score (nSPS) is 11.6. The zero-order valence-electron chi connectivity index (χ0n) is 17.5. The summed E-state index contributed by atoms with van der Waals surface area (Å²) >= 11 is 18.5. The summed E-state index contributed by atoms with van der Waals surface area (Å²) in [5.74, 6) is -0.467. The standard InChI is InChI=1S/C25H23Cl3N2O2/c1-29-25(32)23(13-17-6-3-2-4-7-17)30(16-18-8-5-9-20(26)12-18)24(31)14-19-10-11-21(27)15-22(19)28/h2-12,15,23H,13-14,16H2,1H3,(H,29,32)/t23-/m0/s1. The third-order valence-corrected chi connectivity index (χ3v) is 5.94. The van der Waals surface area contributed by atoms with Gasteiger partial charge in [0.05, 0.1) is 6.42 Å². The summed E-state index contributed by atoms with van der Waals surface area (Å²) in [6.07, 6.45) is 0.417. The quantitative estimate of drug-likeness (QED) is 0.449. The molecule has 0 aromatic heterocycles. The van der Waals surface area contributed by atoms with Crippen molar-refractivity contribution in [2.45, 2.75) is 25.4 Å². The number of nitrogens with zero attached hydrogens (tertiary/aromatic N) is 1. The van der Waals surface area contributed by atoms with Crippen LogP contribution in [0.25, 0.3) is 0 Å². The van der Waals surface area contributed by atoms with Gasteiger partial charge in [-0.2, -0.15) is 0 Å². The predicted molar refractivity (Wildman–Crippen MR) is 130 cm³/mol. The number of halogens is 3. The number of hydrogen-bond donors (Lipinski definition) is 1. The van der Waals surface area contributed by atoms with Crippen molar-refractivity contribution < 1.29 is 9.59 Å². The highest BCUT2D eigenvalue weighted by atomic mass is 35.5. The van der Waals surface area contributed by atoms with E-state index in [1.807, 2.05) is 42.5 Å². The molecule has 0 fully saturated rings. The first kappa shape index (κ1) is 24.1. The molecule has 3 aromatic rings. The summed E-state index contributed by atoms with van der Waals surface area (Å²) in [6, 6.07) is 21.2. The van der Waals surface area contributed by atoms with E-state index in [1.54, 1.807) is 42.3 Å². The van der Waals surface area contributed by atoms with Crippen LogP contribution in [-0.4, -0.2) is 29.8 Å². The number of carbonyl (C=O) groups is 2. The van der Waals surface area contributed by atoms with E-state index < -0.39 is 6.04 Å². The Bertz CT molecular complexity index is 1090. The largest absolute Gasteiger partial charge is 0.357 e. The molecule has 0 bridgehead atoms. The van der Waals surface area contributed by atoms with Gasteiger partial charge in [0, 0.05) is 35.1 Å². The maximum absolute atomic E-state index is 13.5. The van der Waals surface area contributed by atoms with E-state index in [-0.39, 0.29) is 24.8 Å². The highest BCUT2D eigenvalue weighted by molar-refractivity contribution is 6.35. The van der Waals surface area contributed by atoms with Crippen LogP contribution in [0, 0.1) is 0 Å². The molecule has 0 spiro atoms. The minimum Gasteiger partial charge on any atom is -0.357 e. The van der Waals surface area contributed by atoms with Crippen molar-refractivity contribution >= 4 is 46.6 Å². The molecule has 0 unspecified atom stereocenters. The first-order valence-electron chi connectivity index (χ1n) is 10.1. The van der Waals surface area contributed by atoms with Gasteiger partial charge in [0.25, 0.3) is 0 Å². The monoisotopic (exact) mass is 488 g/mol. The van der Waals surface area contributed by atoms with Gasteiger partial charge >= 0.3 is 0 Å². The summed E-state index contributed by atoms with van der Waals surface area (Å²) in [5, 5.41) is 4.17. The molecule has 0 aliphatic heterocycles. The average molecular weight is 490 g/mol. The van der Waals surface area contributed by atoms with Crippen molar-refractivity contribution in [2.75, 3.05) is 7.05 Å². The third kappa shape index (κ3) is 6.49. The van der Waals surface area contributed by atoms with E-state index in [0.29, 0.717) is 27.1 Å². The zero-order chi connectivity index (χ0) is 23.1. The second-order valence-electron chi connectivity index (χ2n) is 7.38. The lowest BCUT2D eigenvalue weighted by molar-refractivity contribution is -0.140. The molecule has 0 aliphatic carbocycles. The lowest BCUT2D eigenvalue weighted by Gasteiger charge is -2.31. The van der Waals surface area contributed by atoms with Gasteiger partial charge in [-0.25, -0.2) is 0 Å². The van der Waals surface area contributed by atoms with Crippen molar-refractivity contribution in [1.29, 1.82) is 0 Å². The number of amides is 2. The molecule has 4 nitrogen and oxygen atoms in total. The Morgan fingerprint density at radius 3 is 2.22 bits per heavy atom. The van der Waals surface area contributed by atoms with Gasteiger partial charge in [0.1, 0.15) is 6.04 Å². The van der Waals surface area contributed by atoms with Gasteiger partial charge in [-0.3, -0.25) is 9.59 Å². The van der Waals surface area contributed by atoms with Crippen LogP contribution in [0.1, 0.15) is 16.7 Å². The molecule has 32 heavy (non-hydrogen) atoms. The van der Waals surface area contributed by atoms with Crippen LogP contribution in [0.4, 0.5) is 0 Å². The lowest BCUT2D eigenvalue weighted by Crippen LogP contribution is -2.50. The first-order chi connectivity index (χ1) is 15.4. The van der Waals surface area contributed by atoms with Crippen LogP contribution in [0.3, 0.4) is 0 Å². The molecule has 3 rings (SSSR count). The number of hydrogen-bond acceptors (Lipinski definition) is 2. The second kappa shape index (κ2) is 11.4. The minimum atomic E-state index is -0.708. The van der Waals surface area contributed by atoms with Gasteiger partial charge in [0.2, 0.25) is 11.8 Å². The summed E-state index contributed by atoms with van der Waals surface area (Å²) in [5.41, 5.74) is 2.43. The van der Waals surface area contributed by atoms with Gasteiger partial charge in [0.15, 0.2) is 0 Å². The molecule has 3 aromatic carbocycles. The number of carbonyl (C=O) groups excluding carboxylic acids is 2.